The number of carbonyl (C=O) groups excluding carboxylic acids is 1. The fourth-order valence-corrected chi connectivity index (χ4v) is 3.21. The van der Waals surface area contributed by atoms with E-state index in [9.17, 15) is 9.90 Å². The van der Waals surface area contributed by atoms with Gasteiger partial charge >= 0.3 is 6.09 Å². The first kappa shape index (κ1) is 23.2. The number of anilines is 3. The first-order chi connectivity index (χ1) is 15.4. The van der Waals surface area contributed by atoms with Crippen LogP contribution in [0.4, 0.5) is 22.0 Å². The van der Waals surface area contributed by atoms with Gasteiger partial charge in [0.1, 0.15) is 11.6 Å². The summed E-state index contributed by atoms with van der Waals surface area (Å²) in [6.45, 7) is 2.61. The number of amides is 1. The third kappa shape index (κ3) is 5.82. The lowest BCUT2D eigenvalue weighted by Crippen LogP contribution is -2.24. The van der Waals surface area contributed by atoms with Gasteiger partial charge in [-0.25, -0.2) is 9.78 Å². The third-order valence-corrected chi connectivity index (χ3v) is 5.28. The molecule has 0 radical (unpaired) electrons. The highest BCUT2D eigenvalue weighted by Crippen LogP contribution is 2.34. The number of nitrogens with one attached hydrogen (secondary N) is 1. The molecule has 2 aromatic carbocycles. The molecule has 4 N–H and O–H groups in total. The van der Waals surface area contributed by atoms with Crippen LogP contribution in [0.25, 0.3) is 11.3 Å². The van der Waals surface area contributed by atoms with Gasteiger partial charge in [-0.2, -0.15) is 0 Å². The van der Waals surface area contributed by atoms with Gasteiger partial charge < -0.3 is 25.8 Å². The molecule has 3 rings (SSSR count). The third-order valence-electron chi connectivity index (χ3n) is 5.02. The smallest absolute Gasteiger partial charge is 0.407 e. The zero-order chi connectivity index (χ0) is 23.1. The van der Waals surface area contributed by atoms with Crippen LogP contribution in [0.15, 0.2) is 54.6 Å². The molecular formula is C24H27ClN4O3. The summed E-state index contributed by atoms with van der Waals surface area (Å²) in [5, 5.41) is 13.8. The summed E-state index contributed by atoms with van der Waals surface area (Å²) in [6.07, 6.45) is 1.29. The molecule has 1 heterocycles. The molecule has 0 bridgehead atoms. The summed E-state index contributed by atoms with van der Waals surface area (Å²) in [4.78, 5) is 18.1. The number of ether oxygens (including phenoxy) is 1. The number of nitrogens with two attached hydrogens (primary N) is 1. The quantitative estimate of drug-likeness (QED) is 0.389. The molecule has 8 heteroatoms. The summed E-state index contributed by atoms with van der Waals surface area (Å²) in [5.74, 6) is 0.364. The zero-order valence-corrected chi connectivity index (χ0v) is 18.9. The lowest BCUT2D eigenvalue weighted by Gasteiger charge is -2.21. The van der Waals surface area contributed by atoms with Crippen LogP contribution in [0.3, 0.4) is 0 Å². The normalized spacial score (nSPS) is 10.6. The predicted molar refractivity (Wildman–Crippen MR) is 128 cm³/mol. The van der Waals surface area contributed by atoms with Crippen molar-refractivity contribution in [2.75, 3.05) is 24.3 Å². The number of halogens is 1. The van der Waals surface area contributed by atoms with E-state index in [4.69, 9.17) is 22.1 Å². The van der Waals surface area contributed by atoms with E-state index in [1.54, 1.807) is 18.2 Å². The maximum absolute atomic E-state index is 11.7. The van der Waals surface area contributed by atoms with Crippen molar-refractivity contribution in [1.29, 1.82) is 0 Å². The first-order valence-electron chi connectivity index (χ1n) is 10.4. The van der Waals surface area contributed by atoms with Gasteiger partial charge in [-0.1, -0.05) is 31.0 Å². The van der Waals surface area contributed by atoms with Gasteiger partial charge in [-0.3, -0.25) is 0 Å². The van der Waals surface area contributed by atoms with Gasteiger partial charge in [0.05, 0.1) is 12.3 Å². The number of benzene rings is 2. The first-order valence-corrected chi connectivity index (χ1v) is 10.8. The predicted octanol–water partition coefficient (Wildman–Crippen LogP) is 5.48. The van der Waals surface area contributed by atoms with Crippen LogP contribution >= 0.6 is 11.6 Å². The van der Waals surface area contributed by atoms with Crippen molar-refractivity contribution in [1.82, 2.24) is 10.3 Å². The maximum Gasteiger partial charge on any atom is 0.407 e. The molecule has 7 nitrogen and oxygen atoms in total. The Morgan fingerprint density at radius 2 is 1.88 bits per heavy atom. The molecule has 0 aliphatic heterocycles. The van der Waals surface area contributed by atoms with Crippen LogP contribution in [0.1, 0.15) is 25.3 Å². The highest BCUT2D eigenvalue weighted by atomic mass is 35.5. The number of hydrogen-bond acceptors (Lipinski definition) is 6. The van der Waals surface area contributed by atoms with Crippen molar-refractivity contribution >= 4 is 34.9 Å². The molecule has 0 unspecified atom stereocenters. The molecule has 168 valence electrons. The Morgan fingerprint density at radius 3 is 2.56 bits per heavy atom. The molecule has 0 atom stereocenters. The van der Waals surface area contributed by atoms with Crippen LogP contribution in [-0.4, -0.2) is 29.8 Å². The number of nitrogen functional groups attached to an aromatic ring is 1. The molecular weight excluding hydrogens is 428 g/mol. The molecule has 0 saturated heterocycles. The molecule has 0 spiro atoms. The van der Waals surface area contributed by atoms with E-state index in [1.165, 1.54) is 0 Å². The fraction of sp³-hybridized carbons (Fsp3) is 0.250. The van der Waals surface area contributed by atoms with E-state index in [0.717, 1.165) is 24.2 Å². The number of phenols is 1. The van der Waals surface area contributed by atoms with Gasteiger partial charge in [0, 0.05) is 41.1 Å². The number of rotatable bonds is 8. The number of nitrogens with zero attached hydrogens (tertiary/aromatic N) is 2. The molecule has 0 aliphatic carbocycles. The van der Waals surface area contributed by atoms with Gasteiger partial charge in [-0.15, -0.1) is 0 Å². The van der Waals surface area contributed by atoms with Crippen molar-refractivity contribution in [3.63, 3.8) is 0 Å². The van der Waals surface area contributed by atoms with Crippen LogP contribution in [-0.2, 0) is 11.3 Å². The van der Waals surface area contributed by atoms with Crippen molar-refractivity contribution in [2.45, 2.75) is 26.3 Å². The largest absolute Gasteiger partial charge is 0.507 e. The van der Waals surface area contributed by atoms with Gasteiger partial charge in [0.25, 0.3) is 0 Å². The second-order valence-electron chi connectivity index (χ2n) is 7.32. The maximum atomic E-state index is 11.7. The van der Waals surface area contributed by atoms with E-state index in [-0.39, 0.29) is 18.1 Å². The van der Waals surface area contributed by atoms with Gasteiger partial charge in [-0.05, 0) is 55.0 Å². The summed E-state index contributed by atoms with van der Waals surface area (Å²) >= 11 is 5.98. The van der Waals surface area contributed by atoms with Crippen LogP contribution in [0.2, 0.25) is 5.02 Å². The SMILES string of the molecule is CCCCOC(=O)NCc1ccc(-c2cc(N(C)c3ccc(Cl)cc3)ccc2O)nc1N. The Hall–Kier alpha value is -3.45. The minimum atomic E-state index is -0.488. The highest BCUT2D eigenvalue weighted by molar-refractivity contribution is 6.30. The standard InChI is InChI=1S/C24H27ClN4O3/c1-3-4-13-32-24(31)27-15-16-5-11-21(28-23(16)26)20-14-19(10-12-22(20)30)29(2)18-8-6-17(25)7-9-18/h5-12,14,30H,3-4,13,15H2,1-2H3,(H2,26,28)(H,27,31). The number of aromatic hydroxyl groups is 1. The molecule has 0 saturated carbocycles. The monoisotopic (exact) mass is 454 g/mol. The van der Waals surface area contributed by atoms with Gasteiger partial charge in [0.2, 0.25) is 0 Å². The number of phenolic OH excluding ortho intramolecular Hbond substituents is 1. The van der Waals surface area contributed by atoms with Crippen LogP contribution in [0.5, 0.6) is 5.75 Å². The average Bonchev–Trinajstić information content (AvgIpc) is 2.79. The zero-order valence-electron chi connectivity index (χ0n) is 18.1. The number of pyridine rings is 1. The number of aromatic nitrogens is 1. The Balaban J connectivity index is 1.76. The molecule has 1 aromatic heterocycles. The summed E-state index contributed by atoms with van der Waals surface area (Å²) < 4.78 is 5.08. The van der Waals surface area contributed by atoms with E-state index in [0.29, 0.717) is 28.5 Å². The van der Waals surface area contributed by atoms with Crippen molar-refractivity contribution < 1.29 is 14.6 Å². The molecule has 3 aromatic rings. The topological polar surface area (TPSA) is 101 Å². The second kappa shape index (κ2) is 10.7. The van der Waals surface area contributed by atoms with E-state index >= 15 is 0 Å². The molecule has 1 amide bonds. The lowest BCUT2D eigenvalue weighted by molar-refractivity contribution is 0.144. The molecule has 0 aliphatic rings. The average molecular weight is 455 g/mol. The minimum Gasteiger partial charge on any atom is -0.507 e. The van der Waals surface area contributed by atoms with Gasteiger partial charge in [0.15, 0.2) is 0 Å². The summed E-state index contributed by atoms with van der Waals surface area (Å²) in [5.41, 5.74) is 9.66. The Labute approximate surface area is 192 Å². The van der Waals surface area contributed by atoms with E-state index in [1.807, 2.05) is 55.3 Å². The highest BCUT2D eigenvalue weighted by Gasteiger charge is 2.13. The summed E-state index contributed by atoms with van der Waals surface area (Å²) in [6, 6.07) is 16.3. The number of carbonyl (C=O) groups is 1. The number of unbranched alkanes of at least 4 members (excludes halogenated alkanes) is 1. The van der Waals surface area contributed by atoms with Crippen LogP contribution in [0, 0.1) is 0 Å². The lowest BCUT2D eigenvalue weighted by atomic mass is 10.1. The van der Waals surface area contributed by atoms with Crippen molar-refractivity contribution in [3.8, 4) is 17.0 Å². The summed E-state index contributed by atoms with van der Waals surface area (Å²) in [7, 11) is 1.93. The number of hydrogen-bond donors (Lipinski definition) is 3. The Bertz CT molecular complexity index is 1070. The Kier molecular flexibility index (Phi) is 7.78. The number of alkyl carbamates (subject to hydrolysis) is 1. The van der Waals surface area contributed by atoms with Crippen molar-refractivity contribution in [2.24, 2.45) is 0 Å². The van der Waals surface area contributed by atoms with Crippen molar-refractivity contribution in [3.05, 3.63) is 65.2 Å². The van der Waals surface area contributed by atoms with E-state index in [2.05, 4.69) is 10.3 Å². The molecule has 0 fully saturated rings. The van der Waals surface area contributed by atoms with Crippen LogP contribution < -0.4 is 16.0 Å². The Morgan fingerprint density at radius 1 is 1.16 bits per heavy atom. The molecule has 32 heavy (non-hydrogen) atoms. The second-order valence-corrected chi connectivity index (χ2v) is 7.76. The van der Waals surface area contributed by atoms with E-state index < -0.39 is 6.09 Å². The fourth-order valence-electron chi connectivity index (χ4n) is 3.08. The minimum absolute atomic E-state index is 0.0931.